The molecule has 16 heavy (non-hydrogen) atoms. The van der Waals surface area contributed by atoms with Crippen LogP contribution in [0.4, 0.5) is 11.6 Å². The molecule has 1 aliphatic rings. The molecule has 1 aromatic rings. The lowest BCUT2D eigenvalue weighted by Gasteiger charge is -2.23. The van der Waals surface area contributed by atoms with Crippen molar-refractivity contribution >= 4 is 21.5 Å². The van der Waals surface area contributed by atoms with Crippen molar-refractivity contribution in [2.75, 3.05) is 22.6 Å². The van der Waals surface area contributed by atoms with Gasteiger partial charge in [-0.05, 0) is 25.0 Å². The topological polar surface area (TPSA) is 85.1 Å². The highest BCUT2D eigenvalue weighted by atomic mass is 32.2. The van der Waals surface area contributed by atoms with Crippen molar-refractivity contribution in [1.29, 1.82) is 0 Å². The largest absolute Gasteiger partial charge is 0.384 e. The fourth-order valence-corrected chi connectivity index (χ4v) is 3.51. The van der Waals surface area contributed by atoms with Crippen molar-refractivity contribution < 1.29 is 8.42 Å². The zero-order valence-electron chi connectivity index (χ0n) is 8.89. The number of anilines is 2. The number of pyridine rings is 1. The summed E-state index contributed by atoms with van der Waals surface area (Å²) in [4.78, 5) is 4.09. The average Bonchev–Trinajstić information content (AvgIpc) is 2.15. The molecule has 2 rings (SSSR count). The SMILES string of the molecule is Nc1cccc(NC2CCCS(=O)(=O)C2)n1. The predicted molar refractivity (Wildman–Crippen MR) is 63.9 cm³/mol. The number of hydrogen-bond acceptors (Lipinski definition) is 5. The highest BCUT2D eigenvalue weighted by Crippen LogP contribution is 2.16. The molecule has 1 unspecified atom stereocenters. The lowest BCUT2D eigenvalue weighted by atomic mass is 10.2. The standard InChI is InChI=1S/C10H15N3O2S/c11-9-4-1-5-10(13-9)12-8-3-2-6-16(14,15)7-8/h1,4-5,8H,2-3,6-7H2,(H3,11,12,13). The Labute approximate surface area is 95.0 Å². The first-order chi connectivity index (χ1) is 7.55. The zero-order valence-corrected chi connectivity index (χ0v) is 9.70. The molecule has 5 nitrogen and oxygen atoms in total. The molecule has 1 aliphatic heterocycles. The van der Waals surface area contributed by atoms with Gasteiger partial charge in [-0.25, -0.2) is 13.4 Å². The number of nitrogens with zero attached hydrogens (tertiary/aromatic N) is 1. The van der Waals surface area contributed by atoms with E-state index in [4.69, 9.17) is 5.73 Å². The molecule has 1 aromatic heterocycles. The third-order valence-corrected chi connectivity index (χ3v) is 4.41. The maximum atomic E-state index is 11.4. The molecular formula is C10H15N3O2S. The first-order valence-electron chi connectivity index (χ1n) is 5.25. The van der Waals surface area contributed by atoms with Crippen LogP contribution in [0, 0.1) is 0 Å². The second-order valence-corrected chi connectivity index (χ2v) is 6.27. The summed E-state index contributed by atoms with van der Waals surface area (Å²) in [5.74, 6) is 1.56. The van der Waals surface area contributed by atoms with E-state index >= 15 is 0 Å². The van der Waals surface area contributed by atoms with Gasteiger partial charge in [-0.3, -0.25) is 0 Å². The maximum absolute atomic E-state index is 11.4. The summed E-state index contributed by atoms with van der Waals surface area (Å²) in [6.45, 7) is 0. The summed E-state index contributed by atoms with van der Waals surface area (Å²) in [7, 11) is -2.88. The summed E-state index contributed by atoms with van der Waals surface area (Å²) in [5.41, 5.74) is 5.55. The summed E-state index contributed by atoms with van der Waals surface area (Å²) in [6, 6.07) is 5.23. The maximum Gasteiger partial charge on any atom is 0.152 e. The number of nitrogens with two attached hydrogens (primary N) is 1. The quantitative estimate of drug-likeness (QED) is 0.794. The van der Waals surface area contributed by atoms with Gasteiger partial charge in [0.05, 0.1) is 11.5 Å². The minimum atomic E-state index is -2.88. The van der Waals surface area contributed by atoms with Gasteiger partial charge in [0, 0.05) is 6.04 Å². The molecule has 1 saturated heterocycles. The Morgan fingerprint density at radius 3 is 2.94 bits per heavy atom. The molecule has 1 atom stereocenters. The van der Waals surface area contributed by atoms with Crippen molar-refractivity contribution in [3.05, 3.63) is 18.2 Å². The highest BCUT2D eigenvalue weighted by molar-refractivity contribution is 7.91. The van der Waals surface area contributed by atoms with Gasteiger partial charge in [0.2, 0.25) is 0 Å². The van der Waals surface area contributed by atoms with E-state index in [-0.39, 0.29) is 11.8 Å². The van der Waals surface area contributed by atoms with Gasteiger partial charge in [0.15, 0.2) is 9.84 Å². The number of sulfone groups is 1. The van der Waals surface area contributed by atoms with E-state index in [0.717, 1.165) is 6.42 Å². The predicted octanol–water partition coefficient (Wildman–Crippen LogP) is 0.653. The van der Waals surface area contributed by atoms with Crippen LogP contribution in [-0.2, 0) is 9.84 Å². The molecule has 0 spiro atoms. The number of rotatable bonds is 2. The van der Waals surface area contributed by atoms with Crippen LogP contribution in [0.25, 0.3) is 0 Å². The first-order valence-corrected chi connectivity index (χ1v) is 7.07. The molecular weight excluding hydrogens is 226 g/mol. The number of hydrogen-bond donors (Lipinski definition) is 2. The number of nitrogens with one attached hydrogen (secondary N) is 1. The van der Waals surface area contributed by atoms with Gasteiger partial charge in [0.25, 0.3) is 0 Å². The van der Waals surface area contributed by atoms with E-state index in [1.165, 1.54) is 0 Å². The number of nitrogen functional groups attached to an aromatic ring is 1. The van der Waals surface area contributed by atoms with Crippen molar-refractivity contribution in [2.24, 2.45) is 0 Å². The van der Waals surface area contributed by atoms with Crippen LogP contribution in [0.5, 0.6) is 0 Å². The summed E-state index contributed by atoms with van der Waals surface area (Å²) in [6.07, 6.45) is 1.57. The van der Waals surface area contributed by atoms with Crippen LogP contribution in [0.1, 0.15) is 12.8 Å². The zero-order chi connectivity index (χ0) is 11.6. The third-order valence-electron chi connectivity index (χ3n) is 2.59. The average molecular weight is 241 g/mol. The van der Waals surface area contributed by atoms with Crippen LogP contribution in [0.2, 0.25) is 0 Å². The smallest absolute Gasteiger partial charge is 0.152 e. The second-order valence-electron chi connectivity index (χ2n) is 4.05. The third kappa shape index (κ3) is 2.85. The fourth-order valence-electron chi connectivity index (χ4n) is 1.88. The van der Waals surface area contributed by atoms with E-state index in [1.807, 2.05) is 0 Å². The fraction of sp³-hybridized carbons (Fsp3) is 0.500. The normalized spacial score (nSPS) is 23.9. The molecule has 6 heteroatoms. The van der Waals surface area contributed by atoms with Crippen LogP contribution in [-0.4, -0.2) is 30.9 Å². The minimum Gasteiger partial charge on any atom is -0.384 e. The van der Waals surface area contributed by atoms with E-state index in [2.05, 4.69) is 10.3 Å². The molecule has 1 fully saturated rings. The minimum absolute atomic E-state index is 0.0481. The monoisotopic (exact) mass is 241 g/mol. The van der Waals surface area contributed by atoms with Crippen LogP contribution >= 0.6 is 0 Å². The van der Waals surface area contributed by atoms with E-state index in [1.54, 1.807) is 18.2 Å². The van der Waals surface area contributed by atoms with Crippen LogP contribution in [0.15, 0.2) is 18.2 Å². The van der Waals surface area contributed by atoms with Gasteiger partial charge in [0.1, 0.15) is 11.6 Å². The Morgan fingerprint density at radius 2 is 2.25 bits per heavy atom. The Hall–Kier alpha value is -1.30. The first kappa shape index (κ1) is 11.2. The van der Waals surface area contributed by atoms with Gasteiger partial charge in [-0.1, -0.05) is 6.07 Å². The molecule has 88 valence electrons. The van der Waals surface area contributed by atoms with E-state index < -0.39 is 9.84 Å². The van der Waals surface area contributed by atoms with E-state index in [9.17, 15) is 8.42 Å². The highest BCUT2D eigenvalue weighted by Gasteiger charge is 2.24. The molecule has 0 saturated carbocycles. The Kier molecular flexibility index (Phi) is 3.00. The van der Waals surface area contributed by atoms with Crippen molar-refractivity contribution in [1.82, 2.24) is 4.98 Å². The Balaban J connectivity index is 2.05. The molecule has 3 N–H and O–H groups in total. The second kappa shape index (κ2) is 4.29. The van der Waals surface area contributed by atoms with Gasteiger partial charge in [-0.2, -0.15) is 0 Å². The van der Waals surface area contributed by atoms with E-state index in [0.29, 0.717) is 23.8 Å². The molecule has 0 aliphatic carbocycles. The van der Waals surface area contributed by atoms with Crippen molar-refractivity contribution in [3.8, 4) is 0 Å². The lowest BCUT2D eigenvalue weighted by Crippen LogP contribution is -2.35. The number of aromatic nitrogens is 1. The summed E-state index contributed by atoms with van der Waals surface area (Å²) >= 11 is 0. The molecule has 0 amide bonds. The van der Waals surface area contributed by atoms with Crippen molar-refractivity contribution in [2.45, 2.75) is 18.9 Å². The van der Waals surface area contributed by atoms with Gasteiger partial charge < -0.3 is 11.1 Å². The van der Waals surface area contributed by atoms with Crippen LogP contribution in [0.3, 0.4) is 0 Å². The molecule has 0 aromatic carbocycles. The van der Waals surface area contributed by atoms with Gasteiger partial charge >= 0.3 is 0 Å². The van der Waals surface area contributed by atoms with Gasteiger partial charge in [-0.15, -0.1) is 0 Å². The van der Waals surface area contributed by atoms with Crippen molar-refractivity contribution in [3.63, 3.8) is 0 Å². The molecule has 0 radical (unpaired) electrons. The summed E-state index contributed by atoms with van der Waals surface area (Å²) < 4.78 is 22.9. The summed E-state index contributed by atoms with van der Waals surface area (Å²) in [5, 5.41) is 3.11. The lowest BCUT2D eigenvalue weighted by molar-refractivity contribution is 0.561. The Bertz CT molecular complexity index is 473. The molecule has 0 bridgehead atoms. The molecule has 2 heterocycles. The Morgan fingerprint density at radius 1 is 1.44 bits per heavy atom. The van der Waals surface area contributed by atoms with Crippen LogP contribution < -0.4 is 11.1 Å².